The predicted octanol–water partition coefficient (Wildman–Crippen LogP) is 6.11. The number of para-hydroxylation sites is 1. The number of hydrogen-bond donors (Lipinski definition) is 3. The summed E-state index contributed by atoms with van der Waals surface area (Å²) in [4.78, 5) is 33.3. The summed E-state index contributed by atoms with van der Waals surface area (Å²) in [5.74, 6) is 1.93. The second-order valence-electron chi connectivity index (χ2n) is 9.28. The van der Waals surface area contributed by atoms with E-state index in [1.165, 1.54) is 7.11 Å². The number of carbonyl (C=O) groups is 2. The molecule has 2 aliphatic heterocycles. The fraction of sp³-hybridized carbons (Fsp3) is 0.233. The Morgan fingerprint density at radius 1 is 0.925 bits per heavy atom. The minimum atomic E-state index is -0.408. The summed E-state index contributed by atoms with van der Waals surface area (Å²) >= 11 is 1.71. The van der Waals surface area contributed by atoms with Gasteiger partial charge >= 0.3 is 6.03 Å². The predicted molar refractivity (Wildman–Crippen MR) is 160 cm³/mol. The van der Waals surface area contributed by atoms with E-state index in [0.717, 1.165) is 35.1 Å². The molecule has 0 spiro atoms. The summed E-state index contributed by atoms with van der Waals surface area (Å²) < 4.78 is 10.6. The summed E-state index contributed by atoms with van der Waals surface area (Å²) in [6.07, 6.45) is 1.00. The molecule has 2 aliphatic rings. The smallest absolute Gasteiger partial charge is 0.323 e. The Hall–Kier alpha value is -4.44. The van der Waals surface area contributed by atoms with E-state index in [2.05, 4.69) is 20.9 Å². The number of nitrogens with one attached hydrogen (secondary N) is 3. The number of allylic oxidation sites excluding steroid dienone is 1. The molecule has 1 atom stereocenters. The number of amides is 3. The van der Waals surface area contributed by atoms with Crippen LogP contribution in [0.15, 0.2) is 89.1 Å². The van der Waals surface area contributed by atoms with E-state index < -0.39 is 6.03 Å². The second-order valence-corrected chi connectivity index (χ2v) is 10.3. The van der Waals surface area contributed by atoms with Gasteiger partial charge in [0.25, 0.3) is 5.91 Å². The minimum absolute atomic E-state index is 0.179. The van der Waals surface area contributed by atoms with Gasteiger partial charge in [-0.15, -0.1) is 0 Å². The molecule has 5 rings (SSSR count). The quantitative estimate of drug-likeness (QED) is 0.324. The van der Waals surface area contributed by atoms with E-state index in [1.807, 2.05) is 61.5 Å². The lowest BCUT2D eigenvalue weighted by Gasteiger charge is -2.40. The number of rotatable bonds is 7. The van der Waals surface area contributed by atoms with Crippen molar-refractivity contribution in [3.05, 3.63) is 89.6 Å². The van der Waals surface area contributed by atoms with Gasteiger partial charge in [-0.05, 0) is 55.3 Å². The van der Waals surface area contributed by atoms with E-state index in [-0.39, 0.29) is 11.9 Å². The number of hydrogen-bond acceptors (Lipinski definition) is 7. The van der Waals surface area contributed by atoms with Crippen LogP contribution in [0.25, 0.3) is 0 Å². The van der Waals surface area contributed by atoms with Gasteiger partial charge < -0.3 is 30.3 Å². The van der Waals surface area contributed by atoms with Crippen molar-refractivity contribution in [1.29, 1.82) is 0 Å². The number of ether oxygens (including phenoxy) is 2. The van der Waals surface area contributed by atoms with Gasteiger partial charge in [0.05, 0.1) is 37.2 Å². The van der Waals surface area contributed by atoms with E-state index in [0.29, 0.717) is 34.1 Å². The first-order chi connectivity index (χ1) is 19.5. The SMILES string of the molecule is COc1ccc(NC(=O)Nc2ccc([C@@H]3C(C(=O)Nc4ccccc4)=C(C)N=C4SCCCN43)cc2)c(OC)c1. The van der Waals surface area contributed by atoms with Crippen molar-refractivity contribution in [3.63, 3.8) is 0 Å². The number of benzene rings is 3. The van der Waals surface area contributed by atoms with Crippen LogP contribution >= 0.6 is 11.8 Å². The third kappa shape index (κ3) is 5.91. The molecule has 9 nitrogen and oxygen atoms in total. The van der Waals surface area contributed by atoms with Crippen LogP contribution in [0, 0.1) is 0 Å². The molecule has 1 fully saturated rings. The number of methoxy groups -OCH3 is 2. The van der Waals surface area contributed by atoms with Crippen molar-refractivity contribution in [2.24, 2.45) is 4.99 Å². The molecule has 3 N–H and O–H groups in total. The molecule has 0 radical (unpaired) electrons. The Labute approximate surface area is 237 Å². The molecule has 0 bridgehead atoms. The highest BCUT2D eigenvalue weighted by atomic mass is 32.2. The fourth-order valence-electron chi connectivity index (χ4n) is 4.76. The molecule has 1 saturated heterocycles. The minimum Gasteiger partial charge on any atom is -0.497 e. The molecule has 3 amide bonds. The number of aliphatic imine (C=N–C) groups is 1. The van der Waals surface area contributed by atoms with Gasteiger partial charge in [0.15, 0.2) is 5.17 Å². The van der Waals surface area contributed by atoms with Crippen LogP contribution in [0.2, 0.25) is 0 Å². The lowest BCUT2D eigenvalue weighted by molar-refractivity contribution is -0.113. The highest BCUT2D eigenvalue weighted by Gasteiger charge is 2.37. The number of urea groups is 1. The monoisotopic (exact) mass is 557 g/mol. The van der Waals surface area contributed by atoms with Crippen LogP contribution in [-0.4, -0.2) is 48.5 Å². The summed E-state index contributed by atoms with van der Waals surface area (Å²) in [6.45, 7) is 2.69. The van der Waals surface area contributed by atoms with Crippen molar-refractivity contribution < 1.29 is 19.1 Å². The summed E-state index contributed by atoms with van der Waals surface area (Å²) in [7, 11) is 3.10. The molecular weight excluding hydrogens is 526 g/mol. The Kier molecular flexibility index (Phi) is 8.26. The molecule has 206 valence electrons. The van der Waals surface area contributed by atoms with Crippen molar-refractivity contribution in [1.82, 2.24) is 4.90 Å². The van der Waals surface area contributed by atoms with E-state index in [1.54, 1.807) is 37.1 Å². The second kappa shape index (κ2) is 12.2. The maximum absolute atomic E-state index is 13.6. The average molecular weight is 558 g/mol. The first-order valence-corrected chi connectivity index (χ1v) is 13.9. The molecule has 3 aromatic rings. The van der Waals surface area contributed by atoms with E-state index >= 15 is 0 Å². The zero-order valence-electron chi connectivity index (χ0n) is 22.6. The fourth-order valence-corrected chi connectivity index (χ4v) is 5.78. The lowest BCUT2D eigenvalue weighted by Crippen LogP contribution is -2.43. The van der Waals surface area contributed by atoms with Gasteiger partial charge in [0.2, 0.25) is 0 Å². The third-order valence-corrected chi connectivity index (χ3v) is 7.75. The summed E-state index contributed by atoms with van der Waals surface area (Å²) in [5.41, 5.74) is 4.11. The first kappa shape index (κ1) is 27.1. The number of carbonyl (C=O) groups excluding carboxylic acids is 2. The van der Waals surface area contributed by atoms with Gasteiger partial charge in [0.1, 0.15) is 11.5 Å². The maximum Gasteiger partial charge on any atom is 0.323 e. The highest BCUT2D eigenvalue weighted by molar-refractivity contribution is 8.13. The average Bonchev–Trinajstić information content (AvgIpc) is 2.97. The normalized spacial score (nSPS) is 16.4. The third-order valence-electron chi connectivity index (χ3n) is 6.68. The first-order valence-electron chi connectivity index (χ1n) is 12.9. The number of thioether (sulfide) groups is 1. The largest absolute Gasteiger partial charge is 0.497 e. The van der Waals surface area contributed by atoms with Crippen LogP contribution in [0.3, 0.4) is 0 Å². The van der Waals surface area contributed by atoms with Crippen LogP contribution < -0.4 is 25.4 Å². The van der Waals surface area contributed by atoms with Gasteiger partial charge in [-0.2, -0.15) is 0 Å². The lowest BCUT2D eigenvalue weighted by atomic mass is 9.93. The Morgan fingerprint density at radius 2 is 1.68 bits per heavy atom. The maximum atomic E-state index is 13.6. The zero-order valence-corrected chi connectivity index (χ0v) is 23.4. The number of anilines is 3. The van der Waals surface area contributed by atoms with Crippen molar-refractivity contribution >= 4 is 45.9 Å². The Bertz CT molecular complexity index is 1460. The standard InChI is InChI=1S/C30H31N5O4S/c1-19-26(28(36)32-21-8-5-4-6-9-21)27(35-16-7-17-40-30(35)31-19)20-10-12-22(13-11-20)33-29(37)34-24-15-14-23(38-2)18-25(24)39-3/h4-6,8-15,18,27H,7,16-17H2,1-3H3,(H,32,36)(H2,33,34,37)/t27-/m1/s1. The van der Waals surface area contributed by atoms with Crippen LogP contribution in [-0.2, 0) is 4.79 Å². The highest BCUT2D eigenvalue weighted by Crippen LogP contribution is 2.40. The van der Waals surface area contributed by atoms with E-state index in [4.69, 9.17) is 14.5 Å². The summed E-state index contributed by atoms with van der Waals surface area (Å²) in [5, 5.41) is 9.63. The van der Waals surface area contributed by atoms with E-state index in [9.17, 15) is 9.59 Å². The Balaban J connectivity index is 1.36. The molecule has 10 heteroatoms. The van der Waals surface area contributed by atoms with Gasteiger partial charge in [-0.1, -0.05) is 42.1 Å². The molecule has 0 unspecified atom stereocenters. The molecule has 0 aromatic heterocycles. The summed E-state index contributed by atoms with van der Waals surface area (Å²) in [6, 6.07) is 21.4. The molecule has 0 aliphatic carbocycles. The van der Waals surface area contributed by atoms with Crippen LogP contribution in [0.4, 0.5) is 21.9 Å². The van der Waals surface area contributed by atoms with Crippen molar-refractivity contribution in [3.8, 4) is 11.5 Å². The number of amidine groups is 1. The topological polar surface area (TPSA) is 104 Å². The molecular formula is C30H31N5O4S. The van der Waals surface area contributed by atoms with Crippen LogP contribution in [0.1, 0.15) is 24.9 Å². The van der Waals surface area contributed by atoms with Gasteiger partial charge in [-0.25, -0.2) is 9.79 Å². The van der Waals surface area contributed by atoms with Crippen molar-refractivity contribution in [2.75, 3.05) is 42.5 Å². The van der Waals surface area contributed by atoms with Crippen LogP contribution in [0.5, 0.6) is 11.5 Å². The van der Waals surface area contributed by atoms with Gasteiger partial charge in [-0.3, -0.25) is 4.79 Å². The zero-order chi connectivity index (χ0) is 28.1. The number of nitrogens with zero attached hydrogens (tertiary/aromatic N) is 2. The van der Waals surface area contributed by atoms with Crippen molar-refractivity contribution in [2.45, 2.75) is 19.4 Å². The Morgan fingerprint density at radius 3 is 2.40 bits per heavy atom. The molecule has 3 aromatic carbocycles. The molecule has 2 heterocycles. The number of fused-ring (bicyclic) bond motifs is 1. The van der Waals surface area contributed by atoms with Gasteiger partial charge in [0, 0.05) is 29.7 Å². The molecule has 0 saturated carbocycles. The molecule has 40 heavy (non-hydrogen) atoms.